The molecule has 1 aliphatic heterocycles. The maximum Gasteiger partial charge on any atom is 0.495 e. The van der Waals surface area contributed by atoms with Gasteiger partial charge in [-0.15, -0.1) is 11.3 Å². The zero-order valence-electron chi connectivity index (χ0n) is 27.0. The standard InChI is InChI=1S/C42H34BNO2S/c1-41(2)42(3,4)46-43(45-41)35-17-11-19-39-40(35)34-26-30(21-23-38(34)47-39)29-20-22-37-33(25-29)32-16-8-9-18-36(32)44(37)31-15-10-14-28(24-31)27-12-6-5-7-13-27/h5-26H,1-4H3. The maximum absolute atomic E-state index is 6.53. The smallest absolute Gasteiger partial charge is 0.399 e. The molecule has 0 aliphatic carbocycles. The van der Waals surface area contributed by atoms with Gasteiger partial charge in [-0.05, 0) is 104 Å². The van der Waals surface area contributed by atoms with Crippen molar-refractivity contribution in [2.45, 2.75) is 38.9 Å². The van der Waals surface area contributed by atoms with Crippen molar-refractivity contribution in [3.8, 4) is 27.9 Å². The Bertz CT molecular complexity index is 2470. The summed E-state index contributed by atoms with van der Waals surface area (Å²) in [5.74, 6) is 0. The van der Waals surface area contributed by atoms with Crippen LogP contribution in [-0.2, 0) is 9.31 Å². The zero-order valence-corrected chi connectivity index (χ0v) is 27.8. The first kappa shape index (κ1) is 28.5. The van der Waals surface area contributed by atoms with Crippen molar-refractivity contribution in [3.63, 3.8) is 0 Å². The van der Waals surface area contributed by atoms with E-state index in [2.05, 4.69) is 166 Å². The number of para-hydroxylation sites is 1. The molecule has 6 aromatic carbocycles. The second-order valence-electron chi connectivity index (χ2n) is 13.6. The fourth-order valence-corrected chi connectivity index (χ4v) is 8.21. The molecule has 0 N–H and O–H groups in total. The number of aromatic nitrogens is 1. The van der Waals surface area contributed by atoms with Crippen LogP contribution in [0.3, 0.4) is 0 Å². The summed E-state index contributed by atoms with van der Waals surface area (Å²) in [5, 5.41) is 4.97. The van der Waals surface area contributed by atoms with E-state index < -0.39 is 18.3 Å². The summed E-state index contributed by atoms with van der Waals surface area (Å²) in [6.07, 6.45) is 0. The molecular formula is C42H34BNO2S. The van der Waals surface area contributed by atoms with E-state index in [0.29, 0.717) is 0 Å². The molecule has 3 heterocycles. The van der Waals surface area contributed by atoms with E-state index in [9.17, 15) is 0 Å². The lowest BCUT2D eigenvalue weighted by Crippen LogP contribution is -2.41. The SMILES string of the molecule is CC1(C)OB(c2cccc3sc4ccc(-c5ccc6c(c5)c5ccccc5n6-c5cccc(-c6ccccc6)c5)cc4c23)OC1(C)C. The van der Waals surface area contributed by atoms with Gasteiger partial charge in [0.15, 0.2) is 0 Å². The zero-order chi connectivity index (χ0) is 31.9. The van der Waals surface area contributed by atoms with Crippen molar-refractivity contribution in [1.29, 1.82) is 0 Å². The molecule has 1 aliphatic rings. The number of rotatable bonds is 4. The highest BCUT2D eigenvalue weighted by atomic mass is 32.1. The molecule has 0 bridgehead atoms. The van der Waals surface area contributed by atoms with Gasteiger partial charge in [0.05, 0.1) is 22.2 Å². The summed E-state index contributed by atoms with van der Waals surface area (Å²) in [7, 11) is -0.409. The average molecular weight is 628 g/mol. The Balaban J connectivity index is 1.19. The highest BCUT2D eigenvalue weighted by molar-refractivity contribution is 7.26. The van der Waals surface area contributed by atoms with E-state index in [1.54, 1.807) is 0 Å². The minimum absolute atomic E-state index is 0.395. The van der Waals surface area contributed by atoms with Crippen molar-refractivity contribution in [2.24, 2.45) is 0 Å². The molecule has 0 spiro atoms. The second kappa shape index (κ2) is 10.4. The van der Waals surface area contributed by atoms with E-state index in [0.717, 1.165) is 11.2 Å². The Morgan fingerprint density at radius 1 is 0.511 bits per heavy atom. The van der Waals surface area contributed by atoms with E-state index in [1.165, 1.54) is 64.2 Å². The third kappa shape index (κ3) is 4.49. The molecule has 1 fully saturated rings. The third-order valence-electron chi connectivity index (χ3n) is 10.3. The van der Waals surface area contributed by atoms with Crippen molar-refractivity contribution < 1.29 is 9.31 Å². The first-order chi connectivity index (χ1) is 22.8. The quantitative estimate of drug-likeness (QED) is 0.181. The fraction of sp³-hybridized carbons (Fsp3) is 0.143. The van der Waals surface area contributed by atoms with Crippen molar-refractivity contribution in [2.75, 3.05) is 0 Å². The van der Waals surface area contributed by atoms with Gasteiger partial charge >= 0.3 is 7.12 Å². The summed E-state index contributed by atoms with van der Waals surface area (Å²) < 4.78 is 18.0. The summed E-state index contributed by atoms with van der Waals surface area (Å²) in [6.45, 7) is 8.46. The molecule has 8 aromatic rings. The molecule has 0 saturated carbocycles. The van der Waals surface area contributed by atoms with Crippen LogP contribution in [0.4, 0.5) is 0 Å². The van der Waals surface area contributed by atoms with Crippen LogP contribution in [0.1, 0.15) is 27.7 Å². The van der Waals surface area contributed by atoms with Gasteiger partial charge in [0.25, 0.3) is 0 Å². The van der Waals surface area contributed by atoms with Crippen molar-refractivity contribution in [3.05, 3.63) is 133 Å². The summed E-state index contributed by atoms with van der Waals surface area (Å²) >= 11 is 1.83. The van der Waals surface area contributed by atoms with Crippen molar-refractivity contribution in [1.82, 2.24) is 4.57 Å². The molecule has 228 valence electrons. The maximum atomic E-state index is 6.53. The van der Waals surface area contributed by atoms with Gasteiger partial charge in [-0.2, -0.15) is 0 Å². The largest absolute Gasteiger partial charge is 0.495 e. The first-order valence-corrected chi connectivity index (χ1v) is 17.1. The van der Waals surface area contributed by atoms with E-state index >= 15 is 0 Å². The number of benzene rings is 6. The molecule has 0 amide bonds. The van der Waals surface area contributed by atoms with Gasteiger partial charge < -0.3 is 13.9 Å². The van der Waals surface area contributed by atoms with Crippen LogP contribution in [0.2, 0.25) is 0 Å². The minimum atomic E-state index is -0.409. The summed E-state index contributed by atoms with van der Waals surface area (Å²) in [6, 6.07) is 48.5. The van der Waals surface area contributed by atoms with Crippen LogP contribution in [-0.4, -0.2) is 22.9 Å². The highest BCUT2D eigenvalue weighted by Gasteiger charge is 2.52. The lowest BCUT2D eigenvalue weighted by atomic mass is 9.76. The molecule has 0 unspecified atom stereocenters. The number of hydrogen-bond donors (Lipinski definition) is 0. The van der Waals surface area contributed by atoms with Crippen LogP contribution in [0, 0.1) is 0 Å². The van der Waals surface area contributed by atoms with Gasteiger partial charge in [-0.1, -0.05) is 84.9 Å². The summed E-state index contributed by atoms with van der Waals surface area (Å²) in [4.78, 5) is 0. The number of hydrogen-bond acceptors (Lipinski definition) is 3. The number of thiophene rings is 1. The molecular weight excluding hydrogens is 593 g/mol. The van der Waals surface area contributed by atoms with Crippen LogP contribution in [0.15, 0.2) is 133 Å². The van der Waals surface area contributed by atoms with Crippen LogP contribution >= 0.6 is 11.3 Å². The molecule has 2 aromatic heterocycles. The summed E-state index contributed by atoms with van der Waals surface area (Å²) in [5.41, 5.74) is 8.70. The Kier molecular flexibility index (Phi) is 6.32. The minimum Gasteiger partial charge on any atom is -0.399 e. The Morgan fingerprint density at radius 3 is 1.96 bits per heavy atom. The van der Waals surface area contributed by atoms with Gasteiger partial charge in [-0.3, -0.25) is 0 Å². The predicted molar refractivity (Wildman–Crippen MR) is 200 cm³/mol. The molecule has 0 atom stereocenters. The monoisotopic (exact) mass is 627 g/mol. The van der Waals surface area contributed by atoms with Crippen LogP contribution in [0.5, 0.6) is 0 Å². The molecule has 1 saturated heterocycles. The third-order valence-corrected chi connectivity index (χ3v) is 11.4. The van der Waals surface area contributed by atoms with Gasteiger partial charge in [-0.25, -0.2) is 0 Å². The van der Waals surface area contributed by atoms with Gasteiger partial charge in [0, 0.05) is 36.6 Å². The topological polar surface area (TPSA) is 23.4 Å². The molecule has 9 rings (SSSR count). The second-order valence-corrected chi connectivity index (χ2v) is 14.7. The lowest BCUT2D eigenvalue weighted by molar-refractivity contribution is 0.00578. The van der Waals surface area contributed by atoms with Gasteiger partial charge in [0.2, 0.25) is 0 Å². The average Bonchev–Trinajstić information content (AvgIpc) is 3.70. The first-order valence-electron chi connectivity index (χ1n) is 16.3. The highest BCUT2D eigenvalue weighted by Crippen LogP contribution is 2.41. The van der Waals surface area contributed by atoms with E-state index in [-0.39, 0.29) is 0 Å². The van der Waals surface area contributed by atoms with Gasteiger partial charge in [0.1, 0.15) is 0 Å². The van der Waals surface area contributed by atoms with E-state index in [1.807, 2.05) is 11.3 Å². The number of fused-ring (bicyclic) bond motifs is 6. The molecule has 0 radical (unpaired) electrons. The predicted octanol–water partition coefficient (Wildman–Crippen LogP) is 10.8. The van der Waals surface area contributed by atoms with E-state index in [4.69, 9.17) is 9.31 Å². The van der Waals surface area contributed by atoms with Crippen LogP contribution < -0.4 is 5.46 Å². The fourth-order valence-electron chi connectivity index (χ4n) is 7.09. The molecule has 47 heavy (non-hydrogen) atoms. The molecule has 3 nitrogen and oxygen atoms in total. The lowest BCUT2D eigenvalue weighted by Gasteiger charge is -2.32. The Hall–Kier alpha value is -4.68. The van der Waals surface area contributed by atoms with Crippen molar-refractivity contribution >= 4 is 65.9 Å². The Morgan fingerprint density at radius 2 is 1.15 bits per heavy atom. The van der Waals surface area contributed by atoms with Crippen LogP contribution in [0.25, 0.3) is 69.9 Å². The normalized spacial score (nSPS) is 15.8. The number of nitrogens with zero attached hydrogens (tertiary/aromatic N) is 1. The molecule has 5 heteroatoms. The Labute approximate surface area is 279 Å².